The maximum atomic E-state index is 8.24. The van der Waals surface area contributed by atoms with Gasteiger partial charge in [0.25, 0.3) is 0 Å². The third kappa shape index (κ3) is 9.15. The molecule has 4 aromatic carbocycles. The van der Waals surface area contributed by atoms with E-state index in [1.165, 1.54) is 54.8 Å². The van der Waals surface area contributed by atoms with Crippen molar-refractivity contribution in [2.45, 2.75) is 84.8 Å². The number of hydrogen-bond donors (Lipinski definition) is 0. The van der Waals surface area contributed by atoms with E-state index < -0.39 is 20.8 Å². The zero-order chi connectivity index (χ0) is 39.7. The average Bonchev–Trinajstić information content (AvgIpc) is 3.56. The van der Waals surface area contributed by atoms with E-state index in [1.807, 2.05) is 74.5 Å². The molecule has 0 aliphatic heterocycles. The van der Waals surface area contributed by atoms with E-state index in [1.54, 1.807) is 22.1 Å². The fraction of sp³-hybridized carbons (Fsp3) is 0.292. The minimum Gasteiger partial charge on any atom is -0.305 e. The molecule has 8 rings (SSSR count). The van der Waals surface area contributed by atoms with Gasteiger partial charge < -0.3 is 9.97 Å². The molecule has 1 aliphatic carbocycles. The molecule has 1 aliphatic rings. The van der Waals surface area contributed by atoms with Crippen LogP contribution in [0.5, 0.6) is 0 Å². The summed E-state index contributed by atoms with van der Waals surface area (Å²) < 4.78 is 34.5. The summed E-state index contributed by atoms with van der Waals surface area (Å²) in [5, 5.41) is 3.92. The molecule has 0 saturated heterocycles. The number of pyridine rings is 2. The van der Waals surface area contributed by atoms with Gasteiger partial charge in [-0.3, -0.25) is 0 Å². The van der Waals surface area contributed by atoms with Crippen molar-refractivity contribution in [1.29, 1.82) is 0 Å². The standard InChI is InChI=1S/C27H22NS.C21H28NSi.Ir/c1-17(2)19-8-10-20(11-9-19)24-15-25(28-16-18(24)3)21-12-13-23-22-6-4-5-7-26(22)29-27(23)14-21;1-23(2,3)21-16-22-20(18-12-8-5-9-13-18)15-19(21)14-17-10-6-4-7-11-17;/h4-13,15-17H,1-3H3;5,8-9,12,15-17H,4,6-7,10-11,14H2,1-3H3;/q2*-1;/i3D3,17D;;. The smallest absolute Gasteiger partial charge is 0.0798 e. The molecule has 0 amide bonds. The molecular formula is C48H50IrN2SSi-2. The molecule has 0 bridgehead atoms. The monoisotopic (exact) mass is 911 g/mol. The molecule has 5 heteroatoms. The minimum atomic E-state index is -2.28. The normalized spacial score (nSPS) is 15.0. The molecule has 3 aromatic heterocycles. The summed E-state index contributed by atoms with van der Waals surface area (Å²) in [4.78, 5) is 9.28. The van der Waals surface area contributed by atoms with Crippen LogP contribution in [-0.2, 0) is 26.5 Å². The van der Waals surface area contributed by atoms with Crippen molar-refractivity contribution in [1.82, 2.24) is 9.97 Å². The molecular weight excluding hydrogens is 857 g/mol. The van der Waals surface area contributed by atoms with Crippen LogP contribution in [0.3, 0.4) is 0 Å². The van der Waals surface area contributed by atoms with Gasteiger partial charge in [0.2, 0.25) is 0 Å². The average molecular weight is 911 g/mol. The largest absolute Gasteiger partial charge is 0.305 e. The number of aryl methyl sites for hydroxylation is 1. The van der Waals surface area contributed by atoms with Gasteiger partial charge in [-0.2, -0.15) is 11.3 Å². The Labute approximate surface area is 341 Å². The van der Waals surface area contributed by atoms with Crippen molar-refractivity contribution in [2.24, 2.45) is 5.92 Å². The maximum absolute atomic E-state index is 8.24. The second kappa shape index (κ2) is 17.2. The molecule has 1 radical (unpaired) electrons. The van der Waals surface area contributed by atoms with Crippen molar-refractivity contribution in [3.05, 3.63) is 138 Å². The van der Waals surface area contributed by atoms with Crippen molar-refractivity contribution in [2.75, 3.05) is 0 Å². The number of aromatic nitrogens is 2. The van der Waals surface area contributed by atoms with Crippen molar-refractivity contribution in [3.8, 4) is 33.6 Å². The van der Waals surface area contributed by atoms with Gasteiger partial charge in [-0.05, 0) is 80.1 Å². The van der Waals surface area contributed by atoms with Gasteiger partial charge in [0.1, 0.15) is 0 Å². The molecule has 3 heterocycles. The molecule has 0 N–H and O–H groups in total. The number of fused-ring (bicyclic) bond motifs is 3. The summed E-state index contributed by atoms with van der Waals surface area (Å²) in [6.45, 7) is 8.68. The van der Waals surface area contributed by atoms with Crippen molar-refractivity contribution >= 4 is 44.8 Å². The first-order valence-electron chi connectivity index (χ1n) is 20.6. The Morgan fingerprint density at radius 3 is 2.28 bits per heavy atom. The Morgan fingerprint density at radius 2 is 1.57 bits per heavy atom. The second-order valence-electron chi connectivity index (χ2n) is 15.4. The van der Waals surface area contributed by atoms with Crippen LogP contribution in [0.4, 0.5) is 0 Å². The van der Waals surface area contributed by atoms with Gasteiger partial charge in [0.05, 0.1) is 8.07 Å². The second-order valence-corrected chi connectivity index (χ2v) is 21.5. The number of hydrogen-bond acceptors (Lipinski definition) is 3. The molecule has 0 atom stereocenters. The summed E-state index contributed by atoms with van der Waals surface area (Å²) in [6, 6.07) is 39.1. The van der Waals surface area contributed by atoms with E-state index in [0.29, 0.717) is 11.3 Å². The van der Waals surface area contributed by atoms with Gasteiger partial charge in [0.15, 0.2) is 0 Å². The van der Waals surface area contributed by atoms with Gasteiger partial charge in [-0.1, -0.05) is 131 Å². The van der Waals surface area contributed by atoms with Gasteiger partial charge in [-0.15, -0.1) is 59.7 Å². The summed E-state index contributed by atoms with van der Waals surface area (Å²) in [5.74, 6) is 0.150. The molecule has 53 heavy (non-hydrogen) atoms. The number of rotatable bonds is 7. The molecule has 273 valence electrons. The Morgan fingerprint density at radius 1 is 0.830 bits per heavy atom. The molecule has 2 nitrogen and oxygen atoms in total. The first-order chi connectivity index (χ1) is 26.6. The fourth-order valence-electron chi connectivity index (χ4n) is 7.37. The van der Waals surface area contributed by atoms with E-state index in [4.69, 9.17) is 10.5 Å². The molecule has 7 aromatic rings. The first-order valence-corrected chi connectivity index (χ1v) is 22.9. The summed E-state index contributed by atoms with van der Waals surface area (Å²) >= 11 is 1.69. The van der Waals surface area contributed by atoms with Crippen LogP contribution in [0.25, 0.3) is 53.8 Å². The number of benzene rings is 4. The fourth-order valence-corrected chi connectivity index (χ4v) is 10.1. The summed E-state index contributed by atoms with van der Waals surface area (Å²) in [7, 11) is -1.36. The van der Waals surface area contributed by atoms with E-state index in [-0.39, 0.29) is 25.7 Å². The van der Waals surface area contributed by atoms with E-state index in [9.17, 15) is 0 Å². The Hall–Kier alpha value is -3.73. The SMILES string of the molecule is C[Si](C)(C)c1cnc(-c2[c-]cccc2)cc1CC1CCCCC1.[2H]C([2H])([2H])c1cnc(-c2[c-]c3sc4ccccc4c3cc2)cc1-c1ccc(C([2H])(C)C)cc1.[Ir]. The van der Waals surface area contributed by atoms with Crippen LogP contribution in [-0.4, -0.2) is 18.0 Å². The zero-order valence-electron chi connectivity index (χ0n) is 35.3. The predicted octanol–water partition coefficient (Wildman–Crippen LogP) is 13.2. The van der Waals surface area contributed by atoms with Crippen LogP contribution in [0, 0.1) is 24.9 Å². The van der Waals surface area contributed by atoms with Crippen molar-refractivity contribution in [3.63, 3.8) is 0 Å². The van der Waals surface area contributed by atoms with Crippen LogP contribution < -0.4 is 5.19 Å². The maximum Gasteiger partial charge on any atom is 0.0798 e. The van der Waals surface area contributed by atoms with Crippen molar-refractivity contribution < 1.29 is 25.6 Å². The number of thiophene rings is 1. The van der Waals surface area contributed by atoms with E-state index >= 15 is 0 Å². The third-order valence-corrected chi connectivity index (χ3v) is 13.4. The summed E-state index contributed by atoms with van der Waals surface area (Å²) in [6.07, 6.45) is 11.9. The third-order valence-electron chi connectivity index (χ3n) is 10.3. The van der Waals surface area contributed by atoms with Crippen LogP contribution in [0.15, 0.2) is 109 Å². The first kappa shape index (κ1) is 33.8. The van der Waals surface area contributed by atoms with E-state index in [0.717, 1.165) is 44.0 Å². The Bertz CT molecular complexity index is 2440. The van der Waals surface area contributed by atoms with E-state index in [2.05, 4.69) is 79.4 Å². The molecule has 0 spiro atoms. The predicted molar refractivity (Wildman–Crippen MR) is 227 cm³/mol. The van der Waals surface area contributed by atoms with Gasteiger partial charge >= 0.3 is 0 Å². The Balaban J connectivity index is 0.000000202. The van der Waals surface area contributed by atoms with Gasteiger partial charge in [-0.25, -0.2) is 0 Å². The molecule has 1 saturated carbocycles. The van der Waals surface area contributed by atoms with Gasteiger partial charge in [0, 0.05) is 42.7 Å². The number of nitrogens with zero attached hydrogens (tertiary/aromatic N) is 2. The zero-order valence-corrected chi connectivity index (χ0v) is 35.6. The summed E-state index contributed by atoms with van der Waals surface area (Å²) in [5.41, 5.74) is 7.77. The topological polar surface area (TPSA) is 25.8 Å². The van der Waals surface area contributed by atoms with Crippen LogP contribution in [0.1, 0.15) is 74.0 Å². The minimum absolute atomic E-state index is 0. The molecule has 1 fully saturated rings. The van der Waals surface area contributed by atoms with Crippen LogP contribution in [0.2, 0.25) is 19.6 Å². The quantitative estimate of drug-likeness (QED) is 0.118. The Kier molecular flexibility index (Phi) is 10.9. The molecule has 0 unspecified atom stereocenters. The van der Waals surface area contributed by atoms with Crippen LogP contribution >= 0.6 is 11.3 Å².